The van der Waals surface area contributed by atoms with Gasteiger partial charge in [-0.05, 0) is 44.7 Å². The van der Waals surface area contributed by atoms with E-state index in [0.717, 1.165) is 6.54 Å². The van der Waals surface area contributed by atoms with Crippen molar-refractivity contribution in [3.8, 4) is 0 Å². The van der Waals surface area contributed by atoms with E-state index >= 15 is 0 Å². The Kier molecular flexibility index (Phi) is 3.15. The van der Waals surface area contributed by atoms with E-state index in [-0.39, 0.29) is 11.8 Å². The van der Waals surface area contributed by atoms with Gasteiger partial charge in [-0.15, -0.1) is 0 Å². The van der Waals surface area contributed by atoms with Crippen LogP contribution in [0.15, 0.2) is 0 Å². The van der Waals surface area contributed by atoms with Gasteiger partial charge in [-0.2, -0.15) is 0 Å². The Morgan fingerprint density at radius 3 is 2.16 bits per heavy atom. The predicted molar refractivity (Wildman–Crippen MR) is 67.2 cm³/mol. The van der Waals surface area contributed by atoms with Crippen LogP contribution >= 0.6 is 0 Å². The van der Waals surface area contributed by atoms with Gasteiger partial charge in [0.2, 0.25) is 10.0 Å². The third-order valence-corrected chi connectivity index (χ3v) is 6.46. The molecule has 19 heavy (non-hydrogen) atoms. The fourth-order valence-electron chi connectivity index (χ4n) is 3.85. The normalized spacial score (nSPS) is 39.2. The number of alkyl halides is 2. The molecule has 1 heterocycles. The number of halogens is 2. The molecule has 2 atom stereocenters. The largest absolute Gasteiger partial charge is 0.303 e. The summed E-state index contributed by atoms with van der Waals surface area (Å²) in [7, 11) is -3.42. The van der Waals surface area contributed by atoms with E-state index in [1.807, 2.05) is 0 Å². The van der Waals surface area contributed by atoms with Crippen LogP contribution in [-0.4, -0.2) is 44.1 Å². The van der Waals surface area contributed by atoms with Crippen molar-refractivity contribution in [2.45, 2.75) is 36.9 Å². The maximum atomic E-state index is 13.1. The number of hydrogen-bond donors (Lipinski definition) is 1. The first-order valence-electron chi connectivity index (χ1n) is 6.90. The molecule has 7 heteroatoms. The van der Waals surface area contributed by atoms with Crippen LogP contribution in [0.4, 0.5) is 8.78 Å². The van der Waals surface area contributed by atoms with Crippen LogP contribution in [0.25, 0.3) is 0 Å². The lowest BCUT2D eigenvalue weighted by atomic mass is 10.0. The first-order chi connectivity index (χ1) is 8.78. The van der Waals surface area contributed by atoms with E-state index in [0.29, 0.717) is 44.7 Å². The molecule has 3 fully saturated rings. The molecule has 2 N–H and O–H groups in total. The first kappa shape index (κ1) is 13.7. The second-order valence-electron chi connectivity index (χ2n) is 6.31. The molecule has 110 valence electrons. The van der Waals surface area contributed by atoms with Crippen LogP contribution in [-0.2, 0) is 10.0 Å². The lowest BCUT2D eigenvalue weighted by molar-refractivity contribution is 0.0578. The lowest BCUT2D eigenvalue weighted by Crippen LogP contribution is -2.43. The summed E-state index contributed by atoms with van der Waals surface area (Å²) in [6.45, 7) is 2.26. The number of nitrogens with two attached hydrogens (primary N) is 1. The zero-order chi connectivity index (χ0) is 13.8. The van der Waals surface area contributed by atoms with Crippen LogP contribution in [0.2, 0.25) is 0 Å². The van der Waals surface area contributed by atoms with Crippen LogP contribution in [0.5, 0.6) is 0 Å². The molecule has 3 aliphatic rings. The van der Waals surface area contributed by atoms with Crippen LogP contribution in [0.3, 0.4) is 0 Å². The SMILES string of the molecule is NS(=O)(=O)C1CCN(CC2CC3C(C2)C3(F)F)CC1. The third-order valence-electron chi connectivity index (χ3n) is 5.06. The van der Waals surface area contributed by atoms with Crippen molar-refractivity contribution in [3.05, 3.63) is 0 Å². The lowest BCUT2D eigenvalue weighted by Gasteiger charge is -2.33. The molecule has 2 unspecified atom stereocenters. The standard InChI is InChI=1S/C12H20F2N2O2S/c13-12(14)10-5-8(6-11(10)12)7-16-3-1-9(2-4-16)19(15,17)18/h8-11H,1-7H2,(H2,15,17,18). The highest BCUT2D eigenvalue weighted by Gasteiger charge is 2.71. The highest BCUT2D eigenvalue weighted by atomic mass is 32.2. The molecule has 1 saturated heterocycles. The topological polar surface area (TPSA) is 63.4 Å². The van der Waals surface area contributed by atoms with Crippen LogP contribution in [0, 0.1) is 17.8 Å². The fourth-order valence-corrected chi connectivity index (χ4v) is 4.72. The summed E-state index contributed by atoms with van der Waals surface area (Å²) >= 11 is 0. The monoisotopic (exact) mass is 294 g/mol. The van der Waals surface area contributed by atoms with E-state index in [1.165, 1.54) is 0 Å². The number of fused-ring (bicyclic) bond motifs is 1. The summed E-state index contributed by atoms with van der Waals surface area (Å²) in [6, 6.07) is 0. The molecule has 2 saturated carbocycles. The summed E-state index contributed by atoms with van der Waals surface area (Å²) in [5.74, 6) is -2.78. The summed E-state index contributed by atoms with van der Waals surface area (Å²) in [5, 5.41) is 4.72. The van der Waals surface area contributed by atoms with E-state index < -0.39 is 21.2 Å². The van der Waals surface area contributed by atoms with Crippen molar-refractivity contribution in [1.29, 1.82) is 0 Å². The smallest absolute Gasteiger partial charge is 0.254 e. The molecule has 0 amide bonds. The Hall–Kier alpha value is -0.270. The van der Waals surface area contributed by atoms with Gasteiger partial charge in [0.15, 0.2) is 0 Å². The quantitative estimate of drug-likeness (QED) is 0.845. The molecule has 0 aromatic heterocycles. The second-order valence-corrected chi connectivity index (χ2v) is 8.16. The molecule has 0 spiro atoms. The van der Waals surface area contributed by atoms with E-state index in [1.54, 1.807) is 0 Å². The number of sulfonamides is 1. The Morgan fingerprint density at radius 2 is 1.68 bits per heavy atom. The highest BCUT2D eigenvalue weighted by molar-refractivity contribution is 7.89. The minimum absolute atomic E-state index is 0.362. The minimum Gasteiger partial charge on any atom is -0.303 e. The molecule has 2 aliphatic carbocycles. The molecular weight excluding hydrogens is 274 g/mol. The maximum Gasteiger partial charge on any atom is 0.254 e. The summed E-state index contributed by atoms with van der Waals surface area (Å²) in [6.07, 6.45) is 2.39. The zero-order valence-corrected chi connectivity index (χ0v) is 11.6. The van der Waals surface area contributed by atoms with Crippen LogP contribution in [0.1, 0.15) is 25.7 Å². The molecular formula is C12H20F2N2O2S. The van der Waals surface area contributed by atoms with Crippen molar-refractivity contribution in [2.24, 2.45) is 22.9 Å². The van der Waals surface area contributed by atoms with Crippen molar-refractivity contribution in [3.63, 3.8) is 0 Å². The van der Waals surface area contributed by atoms with Crippen LogP contribution < -0.4 is 5.14 Å². The fraction of sp³-hybridized carbons (Fsp3) is 1.00. The van der Waals surface area contributed by atoms with Gasteiger partial charge in [-0.1, -0.05) is 0 Å². The number of nitrogens with zero attached hydrogens (tertiary/aromatic N) is 1. The Balaban J connectivity index is 1.45. The Bertz CT molecular complexity index is 446. The average molecular weight is 294 g/mol. The summed E-state index contributed by atoms with van der Waals surface area (Å²) in [4.78, 5) is 2.20. The summed E-state index contributed by atoms with van der Waals surface area (Å²) in [5.41, 5.74) is 0. The van der Waals surface area contributed by atoms with Gasteiger partial charge in [-0.3, -0.25) is 0 Å². The number of hydrogen-bond acceptors (Lipinski definition) is 3. The first-order valence-corrected chi connectivity index (χ1v) is 8.51. The molecule has 1 aliphatic heterocycles. The zero-order valence-electron chi connectivity index (χ0n) is 10.8. The summed E-state index contributed by atoms with van der Waals surface area (Å²) < 4.78 is 48.6. The number of likely N-dealkylation sites (tertiary alicyclic amines) is 1. The van der Waals surface area contributed by atoms with Gasteiger partial charge >= 0.3 is 0 Å². The van der Waals surface area contributed by atoms with Gasteiger partial charge < -0.3 is 4.90 Å². The molecule has 0 aromatic rings. The van der Waals surface area contributed by atoms with E-state index in [9.17, 15) is 17.2 Å². The van der Waals surface area contributed by atoms with Crippen molar-refractivity contribution in [1.82, 2.24) is 4.90 Å². The number of rotatable bonds is 3. The van der Waals surface area contributed by atoms with E-state index in [4.69, 9.17) is 5.14 Å². The van der Waals surface area contributed by atoms with Gasteiger partial charge in [0, 0.05) is 18.4 Å². The molecule has 0 aromatic carbocycles. The van der Waals surface area contributed by atoms with Gasteiger partial charge in [-0.25, -0.2) is 22.3 Å². The van der Waals surface area contributed by atoms with Gasteiger partial charge in [0.25, 0.3) is 5.92 Å². The van der Waals surface area contributed by atoms with Crippen molar-refractivity contribution >= 4 is 10.0 Å². The van der Waals surface area contributed by atoms with Gasteiger partial charge in [0.05, 0.1) is 5.25 Å². The molecule has 0 radical (unpaired) electrons. The average Bonchev–Trinajstić information content (AvgIpc) is 2.70. The molecule has 3 rings (SSSR count). The molecule has 4 nitrogen and oxygen atoms in total. The number of primary sulfonamides is 1. The van der Waals surface area contributed by atoms with Crippen molar-refractivity contribution in [2.75, 3.05) is 19.6 Å². The minimum atomic E-state index is -3.42. The van der Waals surface area contributed by atoms with E-state index in [2.05, 4.69) is 4.90 Å². The third kappa shape index (κ3) is 2.52. The Labute approximate surface area is 112 Å². The highest BCUT2D eigenvalue weighted by Crippen LogP contribution is 2.65. The molecule has 0 bridgehead atoms. The predicted octanol–water partition coefficient (Wildman–Crippen LogP) is 1.03. The second kappa shape index (κ2) is 4.36. The van der Waals surface area contributed by atoms with Gasteiger partial charge in [0.1, 0.15) is 0 Å². The van der Waals surface area contributed by atoms with Crippen molar-refractivity contribution < 1.29 is 17.2 Å². The maximum absolute atomic E-state index is 13.1. The number of piperidine rings is 1. The Morgan fingerprint density at radius 1 is 1.16 bits per heavy atom.